The number of amides is 1. The molecular formula is C19H17ClN2O3. The van der Waals surface area contributed by atoms with E-state index in [0.29, 0.717) is 18.1 Å². The van der Waals surface area contributed by atoms with Crippen LogP contribution in [0.4, 0.5) is 0 Å². The molecule has 1 aliphatic heterocycles. The van der Waals surface area contributed by atoms with E-state index >= 15 is 0 Å². The van der Waals surface area contributed by atoms with Gasteiger partial charge < -0.3 is 14.4 Å². The lowest BCUT2D eigenvalue weighted by atomic mass is 9.96. The number of phenolic OH excluding ortho intramolecular Hbond substituents is 1. The van der Waals surface area contributed by atoms with Crippen molar-refractivity contribution in [3.63, 3.8) is 0 Å². The van der Waals surface area contributed by atoms with Crippen molar-refractivity contribution in [2.75, 3.05) is 13.1 Å². The fourth-order valence-corrected chi connectivity index (χ4v) is 3.42. The van der Waals surface area contributed by atoms with E-state index in [-0.39, 0.29) is 23.1 Å². The number of para-hydroxylation sites is 2. The minimum atomic E-state index is -0.176. The summed E-state index contributed by atoms with van der Waals surface area (Å²) in [7, 11) is 0. The summed E-state index contributed by atoms with van der Waals surface area (Å²) in [5.41, 5.74) is 1.94. The van der Waals surface area contributed by atoms with Gasteiger partial charge in [-0.3, -0.25) is 4.79 Å². The van der Waals surface area contributed by atoms with E-state index in [0.717, 1.165) is 29.8 Å². The molecule has 0 atom stereocenters. The first-order valence-corrected chi connectivity index (χ1v) is 8.63. The molecule has 3 aromatic rings. The smallest absolute Gasteiger partial charge is 0.257 e. The Bertz CT molecular complexity index is 896. The Morgan fingerprint density at radius 3 is 2.68 bits per heavy atom. The molecule has 1 saturated heterocycles. The average molecular weight is 357 g/mol. The lowest BCUT2D eigenvalue weighted by Gasteiger charge is -2.30. The van der Waals surface area contributed by atoms with Gasteiger partial charge in [0, 0.05) is 24.0 Å². The third-order valence-electron chi connectivity index (χ3n) is 4.63. The number of carbonyl (C=O) groups is 1. The number of hydrogen-bond donors (Lipinski definition) is 1. The third kappa shape index (κ3) is 3.07. The minimum Gasteiger partial charge on any atom is -0.507 e. The Hall–Kier alpha value is -2.53. The number of carbonyl (C=O) groups excluding carboxylic acids is 1. The van der Waals surface area contributed by atoms with Gasteiger partial charge in [0.15, 0.2) is 11.5 Å². The highest BCUT2D eigenvalue weighted by Crippen LogP contribution is 2.31. The summed E-state index contributed by atoms with van der Waals surface area (Å²) in [5.74, 6) is 0.682. The highest BCUT2D eigenvalue weighted by Gasteiger charge is 2.28. The van der Waals surface area contributed by atoms with Crippen molar-refractivity contribution >= 4 is 28.6 Å². The number of likely N-dealkylation sites (tertiary alicyclic amines) is 1. The molecule has 0 radical (unpaired) electrons. The van der Waals surface area contributed by atoms with Crippen LogP contribution in [0.5, 0.6) is 5.75 Å². The minimum absolute atomic E-state index is 0.0847. The first-order chi connectivity index (χ1) is 12.1. The van der Waals surface area contributed by atoms with E-state index in [9.17, 15) is 9.90 Å². The molecule has 0 saturated carbocycles. The number of phenols is 1. The molecule has 0 spiro atoms. The molecule has 2 aromatic carbocycles. The van der Waals surface area contributed by atoms with E-state index in [1.165, 1.54) is 6.07 Å². The van der Waals surface area contributed by atoms with Crippen LogP contribution in [-0.2, 0) is 0 Å². The van der Waals surface area contributed by atoms with Gasteiger partial charge in [0.1, 0.15) is 11.3 Å². The first-order valence-electron chi connectivity index (χ1n) is 8.25. The third-order valence-corrected chi connectivity index (χ3v) is 4.87. The second-order valence-corrected chi connectivity index (χ2v) is 6.68. The van der Waals surface area contributed by atoms with Crippen molar-refractivity contribution in [3.05, 3.63) is 58.9 Å². The maximum absolute atomic E-state index is 12.6. The number of halogens is 1. The summed E-state index contributed by atoms with van der Waals surface area (Å²) in [4.78, 5) is 18.9. The van der Waals surface area contributed by atoms with Crippen molar-refractivity contribution in [1.29, 1.82) is 0 Å². The SMILES string of the molecule is O=C(c1ccc(Cl)cc1O)N1CCC(c2nc3ccccc3o2)CC1. The number of benzene rings is 2. The zero-order chi connectivity index (χ0) is 17.4. The highest BCUT2D eigenvalue weighted by atomic mass is 35.5. The van der Waals surface area contributed by atoms with Crippen LogP contribution < -0.4 is 0 Å². The van der Waals surface area contributed by atoms with Crippen LogP contribution in [0.3, 0.4) is 0 Å². The van der Waals surface area contributed by atoms with Crippen LogP contribution in [0.1, 0.15) is 35.0 Å². The van der Waals surface area contributed by atoms with E-state index in [1.807, 2.05) is 24.3 Å². The Labute approximate surface area is 149 Å². The van der Waals surface area contributed by atoms with Crippen molar-refractivity contribution in [3.8, 4) is 5.75 Å². The summed E-state index contributed by atoms with van der Waals surface area (Å²) in [6.07, 6.45) is 1.57. The van der Waals surface area contributed by atoms with Gasteiger partial charge >= 0.3 is 0 Å². The maximum Gasteiger partial charge on any atom is 0.257 e. The van der Waals surface area contributed by atoms with Crippen molar-refractivity contribution in [2.24, 2.45) is 0 Å². The van der Waals surface area contributed by atoms with Crippen LogP contribution in [0.25, 0.3) is 11.1 Å². The zero-order valence-electron chi connectivity index (χ0n) is 13.5. The van der Waals surface area contributed by atoms with Gasteiger partial charge in [-0.15, -0.1) is 0 Å². The van der Waals surface area contributed by atoms with E-state index in [2.05, 4.69) is 4.98 Å². The molecule has 128 valence electrons. The molecule has 25 heavy (non-hydrogen) atoms. The number of aromatic hydroxyl groups is 1. The summed E-state index contributed by atoms with van der Waals surface area (Å²) >= 11 is 5.83. The fourth-order valence-electron chi connectivity index (χ4n) is 3.25. The molecule has 1 aromatic heterocycles. The molecule has 1 amide bonds. The maximum atomic E-state index is 12.6. The number of rotatable bonds is 2. The van der Waals surface area contributed by atoms with E-state index < -0.39 is 0 Å². The Kier molecular flexibility index (Phi) is 4.09. The van der Waals surface area contributed by atoms with Gasteiger partial charge in [-0.25, -0.2) is 4.98 Å². The molecule has 1 fully saturated rings. The lowest BCUT2D eigenvalue weighted by Crippen LogP contribution is -2.38. The first kappa shape index (κ1) is 16.0. The average Bonchev–Trinajstić information content (AvgIpc) is 3.05. The fraction of sp³-hybridized carbons (Fsp3) is 0.263. The highest BCUT2D eigenvalue weighted by molar-refractivity contribution is 6.30. The summed E-state index contributed by atoms with van der Waals surface area (Å²) in [6.45, 7) is 1.20. The van der Waals surface area contributed by atoms with Gasteiger partial charge in [0.05, 0.1) is 5.56 Å². The van der Waals surface area contributed by atoms with Crippen molar-refractivity contribution in [1.82, 2.24) is 9.88 Å². The molecule has 4 rings (SSSR count). The summed E-state index contributed by atoms with van der Waals surface area (Å²) in [6, 6.07) is 12.3. The Balaban J connectivity index is 1.46. The summed E-state index contributed by atoms with van der Waals surface area (Å²) < 4.78 is 5.85. The molecule has 6 heteroatoms. The second kappa shape index (κ2) is 6.41. The van der Waals surface area contributed by atoms with E-state index in [4.69, 9.17) is 16.0 Å². The zero-order valence-corrected chi connectivity index (χ0v) is 14.2. The van der Waals surface area contributed by atoms with Gasteiger partial charge in [-0.05, 0) is 43.2 Å². The molecule has 0 bridgehead atoms. The Morgan fingerprint density at radius 1 is 1.20 bits per heavy atom. The van der Waals surface area contributed by atoms with Gasteiger partial charge in [0.2, 0.25) is 0 Å². The molecular weight excluding hydrogens is 340 g/mol. The molecule has 2 heterocycles. The molecule has 5 nitrogen and oxygen atoms in total. The standard InChI is InChI=1S/C19H17ClN2O3/c20-13-5-6-14(16(23)11-13)19(24)22-9-7-12(8-10-22)18-21-15-3-1-2-4-17(15)25-18/h1-6,11-12,23H,7-10H2. The molecule has 0 aliphatic carbocycles. The van der Waals surface area contributed by atoms with Gasteiger partial charge in [-0.1, -0.05) is 23.7 Å². The molecule has 0 unspecified atom stereocenters. The Morgan fingerprint density at radius 2 is 1.96 bits per heavy atom. The quantitative estimate of drug-likeness (QED) is 0.747. The second-order valence-electron chi connectivity index (χ2n) is 6.25. The predicted molar refractivity (Wildman–Crippen MR) is 95.0 cm³/mol. The van der Waals surface area contributed by atoms with Crippen LogP contribution in [0, 0.1) is 0 Å². The number of hydrogen-bond acceptors (Lipinski definition) is 4. The van der Waals surface area contributed by atoms with Crippen LogP contribution in [0.15, 0.2) is 46.9 Å². The molecule has 1 aliphatic rings. The number of nitrogens with zero attached hydrogens (tertiary/aromatic N) is 2. The van der Waals surface area contributed by atoms with Gasteiger partial charge in [0.25, 0.3) is 5.91 Å². The van der Waals surface area contributed by atoms with Crippen molar-refractivity contribution in [2.45, 2.75) is 18.8 Å². The molecule has 1 N–H and O–H groups in total. The number of oxazole rings is 1. The van der Waals surface area contributed by atoms with Crippen LogP contribution in [0.2, 0.25) is 5.02 Å². The van der Waals surface area contributed by atoms with Crippen LogP contribution in [-0.4, -0.2) is 34.0 Å². The number of aromatic nitrogens is 1. The number of piperidine rings is 1. The largest absolute Gasteiger partial charge is 0.507 e. The number of fused-ring (bicyclic) bond motifs is 1. The lowest BCUT2D eigenvalue weighted by molar-refractivity contribution is 0.0703. The summed E-state index contributed by atoms with van der Waals surface area (Å²) in [5, 5.41) is 10.4. The van der Waals surface area contributed by atoms with Crippen LogP contribution >= 0.6 is 11.6 Å². The van der Waals surface area contributed by atoms with Gasteiger partial charge in [-0.2, -0.15) is 0 Å². The van der Waals surface area contributed by atoms with E-state index in [1.54, 1.807) is 17.0 Å². The normalized spacial score (nSPS) is 15.6. The van der Waals surface area contributed by atoms with Crippen molar-refractivity contribution < 1.29 is 14.3 Å². The monoisotopic (exact) mass is 356 g/mol. The topological polar surface area (TPSA) is 66.6 Å². The predicted octanol–water partition coefficient (Wildman–Crippen LogP) is 4.21.